The second kappa shape index (κ2) is 8.06. The fraction of sp³-hybridized carbons (Fsp3) is 0.529. The number of anilines is 1. The molecule has 0 saturated carbocycles. The number of hydrogen-bond acceptors (Lipinski definition) is 5. The average molecular weight is 344 g/mol. The van der Waals surface area contributed by atoms with Crippen molar-refractivity contribution >= 4 is 28.8 Å². The molecule has 8 heteroatoms. The summed E-state index contributed by atoms with van der Waals surface area (Å²) >= 11 is 0. The second-order valence-electron chi connectivity index (χ2n) is 6.36. The van der Waals surface area contributed by atoms with Gasteiger partial charge in [0.05, 0.1) is 12.7 Å². The monoisotopic (exact) mass is 344 g/mol. The summed E-state index contributed by atoms with van der Waals surface area (Å²) in [4.78, 5) is 37.6. The van der Waals surface area contributed by atoms with E-state index in [9.17, 15) is 9.59 Å². The van der Waals surface area contributed by atoms with Crippen LogP contribution in [0.2, 0.25) is 0 Å². The van der Waals surface area contributed by atoms with Crippen molar-refractivity contribution in [2.75, 3.05) is 25.0 Å². The second-order valence-corrected chi connectivity index (χ2v) is 6.36. The molecule has 1 fully saturated rings. The van der Waals surface area contributed by atoms with E-state index in [0.29, 0.717) is 36.5 Å². The quantitative estimate of drug-likeness (QED) is 0.712. The molecule has 2 amide bonds. The van der Waals surface area contributed by atoms with Crippen LogP contribution in [-0.4, -0.2) is 57.3 Å². The minimum absolute atomic E-state index is 0.213. The molecule has 0 aromatic carbocycles. The highest BCUT2D eigenvalue weighted by Crippen LogP contribution is 2.16. The average Bonchev–Trinajstić information content (AvgIpc) is 3.21. The van der Waals surface area contributed by atoms with Crippen molar-refractivity contribution in [2.24, 2.45) is 0 Å². The van der Waals surface area contributed by atoms with Crippen LogP contribution in [-0.2, 0) is 4.79 Å². The molecule has 2 aromatic rings. The van der Waals surface area contributed by atoms with Crippen LogP contribution in [0.3, 0.4) is 0 Å². The molecule has 2 aromatic heterocycles. The van der Waals surface area contributed by atoms with Crippen molar-refractivity contribution in [3.63, 3.8) is 0 Å². The molecular weight excluding hydrogens is 320 g/mol. The lowest BCUT2D eigenvalue weighted by molar-refractivity contribution is -0.120. The van der Waals surface area contributed by atoms with Gasteiger partial charge >= 0.3 is 6.03 Å². The number of hydrogen-bond donors (Lipinski definition) is 3. The van der Waals surface area contributed by atoms with Gasteiger partial charge in [-0.1, -0.05) is 6.92 Å². The molecule has 134 valence electrons. The Morgan fingerprint density at radius 3 is 3.16 bits per heavy atom. The van der Waals surface area contributed by atoms with Gasteiger partial charge in [0.25, 0.3) is 0 Å². The first-order valence-corrected chi connectivity index (χ1v) is 8.76. The summed E-state index contributed by atoms with van der Waals surface area (Å²) in [7, 11) is 0. The maximum absolute atomic E-state index is 12.1. The lowest BCUT2D eigenvalue weighted by Gasteiger charge is -2.23. The molecule has 0 bridgehead atoms. The predicted molar refractivity (Wildman–Crippen MR) is 95.4 cm³/mol. The van der Waals surface area contributed by atoms with Crippen molar-refractivity contribution in [1.29, 1.82) is 0 Å². The summed E-state index contributed by atoms with van der Waals surface area (Å²) in [5.41, 5.74) is 1.39. The number of likely N-dealkylation sites (tertiary alicyclic amines) is 1. The number of Topliss-reactive ketones (excluding diaryl/α,β-unsaturated/α-hetero) is 1. The number of rotatable bonds is 7. The number of carbonyl (C=O) groups excluding carboxylic acids is 2. The highest BCUT2D eigenvalue weighted by molar-refractivity contribution is 5.89. The number of nitrogens with one attached hydrogen (secondary N) is 3. The molecule has 0 spiro atoms. The van der Waals surface area contributed by atoms with E-state index in [0.717, 1.165) is 25.8 Å². The first-order chi connectivity index (χ1) is 12.2. The Kier molecular flexibility index (Phi) is 5.60. The number of H-pyrrole nitrogens is 1. The number of aromatic nitrogens is 3. The van der Waals surface area contributed by atoms with Gasteiger partial charge in [0.15, 0.2) is 11.5 Å². The molecule has 8 nitrogen and oxygen atoms in total. The largest absolute Gasteiger partial charge is 0.345 e. The lowest BCUT2D eigenvalue weighted by Crippen LogP contribution is -2.43. The maximum Gasteiger partial charge on any atom is 0.320 e. The van der Waals surface area contributed by atoms with Crippen molar-refractivity contribution in [2.45, 2.75) is 38.6 Å². The number of urea groups is 1. The smallest absolute Gasteiger partial charge is 0.320 e. The number of amides is 2. The van der Waals surface area contributed by atoms with Crippen molar-refractivity contribution in [3.8, 4) is 0 Å². The zero-order chi connectivity index (χ0) is 17.6. The normalized spacial score (nSPS) is 17.7. The zero-order valence-corrected chi connectivity index (χ0v) is 14.4. The molecule has 0 aliphatic carbocycles. The highest BCUT2D eigenvalue weighted by atomic mass is 16.2. The standard InChI is InChI=1S/C17H24N6O2/c1-2-4-13(24)11-23-8-3-5-12(23)9-20-17(25)22-15-10-19-16-14(21-15)6-7-18-16/h6-7,10,12H,2-5,8-9,11H2,1H3,(H,18,19)(H2,20,21,22,25). The van der Waals surface area contributed by atoms with E-state index in [1.54, 1.807) is 12.3 Å². The Balaban J connectivity index is 1.48. The molecule has 3 rings (SSSR count). The predicted octanol–water partition coefficient (Wildman–Crippen LogP) is 1.91. The molecule has 0 radical (unpaired) electrons. The van der Waals surface area contributed by atoms with E-state index in [4.69, 9.17) is 0 Å². The highest BCUT2D eigenvalue weighted by Gasteiger charge is 2.26. The molecule has 1 atom stereocenters. The van der Waals surface area contributed by atoms with Crippen molar-refractivity contribution in [3.05, 3.63) is 18.5 Å². The van der Waals surface area contributed by atoms with Gasteiger partial charge in [0, 0.05) is 25.2 Å². The Morgan fingerprint density at radius 2 is 2.32 bits per heavy atom. The van der Waals surface area contributed by atoms with Crippen LogP contribution < -0.4 is 10.6 Å². The molecule has 1 unspecified atom stereocenters. The van der Waals surface area contributed by atoms with Gasteiger partial charge in [-0.2, -0.15) is 0 Å². The third kappa shape index (κ3) is 4.54. The lowest BCUT2D eigenvalue weighted by atomic mass is 10.2. The molecule has 3 heterocycles. The minimum Gasteiger partial charge on any atom is -0.345 e. The summed E-state index contributed by atoms with van der Waals surface area (Å²) in [5.74, 6) is 0.680. The summed E-state index contributed by atoms with van der Waals surface area (Å²) < 4.78 is 0. The van der Waals surface area contributed by atoms with Gasteiger partial charge in [0.2, 0.25) is 0 Å². The minimum atomic E-state index is -0.309. The molecule has 1 saturated heterocycles. The number of ketones is 1. The molecule has 25 heavy (non-hydrogen) atoms. The summed E-state index contributed by atoms with van der Waals surface area (Å²) in [5, 5.41) is 5.57. The SMILES string of the molecule is CCCC(=O)CN1CCCC1CNC(=O)Nc1cnc2[nH]ccc2n1. The number of carbonyl (C=O) groups is 2. The Labute approximate surface area is 146 Å². The molecule has 1 aliphatic heterocycles. The molecule has 3 N–H and O–H groups in total. The third-order valence-electron chi connectivity index (χ3n) is 4.41. The van der Waals surface area contributed by atoms with E-state index in [1.165, 1.54) is 6.20 Å². The Morgan fingerprint density at radius 1 is 1.44 bits per heavy atom. The Hall–Kier alpha value is -2.48. The van der Waals surface area contributed by atoms with Crippen LogP contribution in [0.15, 0.2) is 18.5 Å². The van der Waals surface area contributed by atoms with E-state index < -0.39 is 0 Å². The van der Waals surface area contributed by atoms with Crippen molar-refractivity contribution < 1.29 is 9.59 Å². The van der Waals surface area contributed by atoms with E-state index in [-0.39, 0.29) is 17.9 Å². The van der Waals surface area contributed by atoms with Gasteiger partial charge in [-0.3, -0.25) is 15.0 Å². The maximum atomic E-state index is 12.1. The van der Waals surface area contributed by atoms with Crippen LogP contribution in [0.4, 0.5) is 10.6 Å². The van der Waals surface area contributed by atoms with E-state index in [2.05, 4.69) is 30.5 Å². The van der Waals surface area contributed by atoms with Gasteiger partial charge in [-0.05, 0) is 31.9 Å². The summed E-state index contributed by atoms with van der Waals surface area (Å²) in [6.07, 6.45) is 6.83. The van der Waals surface area contributed by atoms with Gasteiger partial charge in [-0.25, -0.2) is 14.8 Å². The number of nitrogens with zero attached hydrogens (tertiary/aromatic N) is 3. The first kappa shape index (κ1) is 17.3. The van der Waals surface area contributed by atoms with E-state index >= 15 is 0 Å². The van der Waals surface area contributed by atoms with Crippen LogP contribution in [0.25, 0.3) is 11.2 Å². The van der Waals surface area contributed by atoms with E-state index in [1.807, 2.05) is 6.92 Å². The number of aromatic amines is 1. The van der Waals surface area contributed by atoms with Crippen LogP contribution in [0.1, 0.15) is 32.6 Å². The van der Waals surface area contributed by atoms with Crippen LogP contribution in [0, 0.1) is 0 Å². The van der Waals surface area contributed by atoms with Gasteiger partial charge in [0.1, 0.15) is 11.3 Å². The molecular formula is C17H24N6O2. The fourth-order valence-corrected chi connectivity index (χ4v) is 3.18. The number of fused-ring (bicyclic) bond motifs is 1. The molecule has 1 aliphatic rings. The summed E-state index contributed by atoms with van der Waals surface area (Å²) in [6.45, 7) is 3.93. The van der Waals surface area contributed by atoms with Crippen molar-refractivity contribution in [1.82, 2.24) is 25.2 Å². The Bertz CT molecular complexity index is 744. The van der Waals surface area contributed by atoms with Gasteiger partial charge in [-0.15, -0.1) is 0 Å². The third-order valence-corrected chi connectivity index (χ3v) is 4.41. The zero-order valence-electron chi connectivity index (χ0n) is 14.4. The topological polar surface area (TPSA) is 103 Å². The summed E-state index contributed by atoms with van der Waals surface area (Å²) in [6, 6.07) is 1.70. The van der Waals surface area contributed by atoms with Crippen LogP contribution >= 0.6 is 0 Å². The van der Waals surface area contributed by atoms with Crippen LogP contribution in [0.5, 0.6) is 0 Å². The van der Waals surface area contributed by atoms with Gasteiger partial charge < -0.3 is 10.3 Å². The first-order valence-electron chi connectivity index (χ1n) is 8.76. The fourth-order valence-electron chi connectivity index (χ4n) is 3.18.